The largest absolute Gasteiger partial charge is 0.388 e. The van der Waals surface area contributed by atoms with Crippen LogP contribution in [0.15, 0.2) is 71.1 Å². The van der Waals surface area contributed by atoms with Gasteiger partial charge in [0, 0.05) is 10.7 Å². The van der Waals surface area contributed by atoms with E-state index in [1.807, 2.05) is 11.8 Å². The number of allylic oxidation sites excluding steroid dienone is 1. The van der Waals surface area contributed by atoms with Crippen LogP contribution < -0.4 is 0 Å². The normalized spacial score (nSPS) is 23.7. The highest BCUT2D eigenvalue weighted by Gasteiger charge is 2.33. The van der Waals surface area contributed by atoms with Gasteiger partial charge in [-0.25, -0.2) is 0 Å². The molecule has 3 rings (SSSR count). The van der Waals surface area contributed by atoms with E-state index in [0.29, 0.717) is 11.8 Å². The number of hydrogen-bond acceptors (Lipinski definition) is 2. The molecule has 0 radical (unpaired) electrons. The molecule has 1 nitrogen and oxygen atoms in total. The van der Waals surface area contributed by atoms with Gasteiger partial charge in [-0.1, -0.05) is 73.2 Å². The maximum absolute atomic E-state index is 11.0. The fraction of sp³-hybridized carbons (Fsp3) is 0.391. The van der Waals surface area contributed by atoms with Crippen molar-refractivity contribution < 1.29 is 5.11 Å². The minimum atomic E-state index is -0.318. The van der Waals surface area contributed by atoms with Crippen LogP contribution in [0, 0.1) is 11.8 Å². The zero-order valence-corrected chi connectivity index (χ0v) is 16.0. The first kappa shape index (κ1) is 18.3. The number of rotatable bonds is 6. The predicted octanol–water partition coefficient (Wildman–Crippen LogP) is 5.84. The topological polar surface area (TPSA) is 20.2 Å². The van der Waals surface area contributed by atoms with Crippen LogP contribution in [0.5, 0.6) is 0 Å². The molecule has 1 aliphatic rings. The molecule has 1 aliphatic carbocycles. The Balaban J connectivity index is 1.65. The number of aliphatic hydroxyl groups excluding tert-OH is 1. The third-order valence-corrected chi connectivity index (χ3v) is 6.68. The molecular weight excluding hydrogens is 324 g/mol. The van der Waals surface area contributed by atoms with Crippen molar-refractivity contribution >= 4 is 11.8 Å². The molecule has 3 unspecified atom stereocenters. The first-order chi connectivity index (χ1) is 12.1. The van der Waals surface area contributed by atoms with Crippen molar-refractivity contribution in [3.63, 3.8) is 0 Å². The van der Waals surface area contributed by atoms with Crippen LogP contribution in [-0.2, 0) is 12.2 Å². The molecule has 1 N–H and O–H groups in total. The molecule has 0 spiro atoms. The molecule has 0 saturated heterocycles. The van der Waals surface area contributed by atoms with Crippen molar-refractivity contribution in [2.24, 2.45) is 11.8 Å². The van der Waals surface area contributed by atoms with Crippen LogP contribution in [0.1, 0.15) is 37.8 Å². The second-order valence-corrected chi connectivity index (χ2v) is 8.25. The molecule has 0 heterocycles. The summed E-state index contributed by atoms with van der Waals surface area (Å²) >= 11 is 1.82. The second kappa shape index (κ2) is 8.73. The molecule has 3 atom stereocenters. The van der Waals surface area contributed by atoms with Gasteiger partial charge in [-0.15, -0.1) is 11.8 Å². The fourth-order valence-corrected chi connectivity index (χ4v) is 5.05. The molecule has 2 heteroatoms. The van der Waals surface area contributed by atoms with Gasteiger partial charge in [0.15, 0.2) is 0 Å². The van der Waals surface area contributed by atoms with Crippen LogP contribution in [0.3, 0.4) is 0 Å². The number of hydrogen-bond donors (Lipinski definition) is 1. The molecular formula is C23H28OS. The standard InChI is InChI=1S/C23H28OS/c1-17-15-18(2)23(25-16-20-11-7-4-8-12-20)22(24)21(17)14-13-19-9-5-3-6-10-19/h3-12,17,21-22,24H,13-16H2,1-2H3. The van der Waals surface area contributed by atoms with Gasteiger partial charge in [-0.2, -0.15) is 0 Å². The SMILES string of the molecule is CC1=C(SCc2ccccc2)C(O)C(CCc2ccccc2)C(C)C1. The van der Waals surface area contributed by atoms with E-state index >= 15 is 0 Å². The van der Waals surface area contributed by atoms with Gasteiger partial charge < -0.3 is 5.11 Å². The summed E-state index contributed by atoms with van der Waals surface area (Å²) in [6.45, 7) is 4.49. The predicted molar refractivity (Wildman–Crippen MR) is 108 cm³/mol. The highest BCUT2D eigenvalue weighted by Crippen LogP contribution is 2.42. The van der Waals surface area contributed by atoms with Crippen molar-refractivity contribution in [2.45, 2.75) is 45.0 Å². The minimum Gasteiger partial charge on any atom is -0.388 e. The van der Waals surface area contributed by atoms with Crippen molar-refractivity contribution in [3.05, 3.63) is 82.3 Å². The van der Waals surface area contributed by atoms with Gasteiger partial charge in [0.25, 0.3) is 0 Å². The summed E-state index contributed by atoms with van der Waals surface area (Å²) in [5, 5.41) is 11.0. The van der Waals surface area contributed by atoms with Crippen molar-refractivity contribution in [1.29, 1.82) is 0 Å². The smallest absolute Gasteiger partial charge is 0.0878 e. The Hall–Kier alpha value is -1.51. The summed E-state index contributed by atoms with van der Waals surface area (Å²) in [7, 11) is 0. The summed E-state index contributed by atoms with van der Waals surface area (Å²) in [4.78, 5) is 1.21. The third-order valence-electron chi connectivity index (χ3n) is 5.30. The van der Waals surface area contributed by atoms with E-state index in [1.54, 1.807) is 0 Å². The molecule has 132 valence electrons. The summed E-state index contributed by atoms with van der Waals surface area (Å²) < 4.78 is 0. The van der Waals surface area contributed by atoms with Gasteiger partial charge >= 0.3 is 0 Å². The molecule has 0 aromatic heterocycles. The van der Waals surface area contributed by atoms with E-state index in [0.717, 1.165) is 25.0 Å². The monoisotopic (exact) mass is 352 g/mol. The molecule has 0 saturated carbocycles. The minimum absolute atomic E-state index is 0.318. The molecule has 2 aromatic rings. The molecule has 2 aromatic carbocycles. The zero-order valence-electron chi connectivity index (χ0n) is 15.2. The lowest BCUT2D eigenvalue weighted by Crippen LogP contribution is -2.32. The van der Waals surface area contributed by atoms with Crippen LogP contribution in [0.4, 0.5) is 0 Å². The van der Waals surface area contributed by atoms with E-state index in [2.05, 4.69) is 74.5 Å². The zero-order chi connectivity index (χ0) is 17.6. The quantitative estimate of drug-likeness (QED) is 0.704. The Bertz CT molecular complexity index is 693. The van der Waals surface area contributed by atoms with E-state index in [-0.39, 0.29) is 6.10 Å². The number of thioether (sulfide) groups is 1. The first-order valence-electron chi connectivity index (χ1n) is 9.23. The molecule has 25 heavy (non-hydrogen) atoms. The average Bonchev–Trinajstić information content (AvgIpc) is 2.63. The van der Waals surface area contributed by atoms with E-state index in [1.165, 1.54) is 21.6 Å². The molecule has 0 fully saturated rings. The van der Waals surface area contributed by atoms with Crippen LogP contribution >= 0.6 is 11.8 Å². The van der Waals surface area contributed by atoms with Gasteiger partial charge in [0.1, 0.15) is 0 Å². The van der Waals surface area contributed by atoms with Gasteiger partial charge in [0.05, 0.1) is 6.10 Å². The highest BCUT2D eigenvalue weighted by atomic mass is 32.2. The summed E-state index contributed by atoms with van der Waals surface area (Å²) in [6.07, 6.45) is 2.88. The lowest BCUT2D eigenvalue weighted by molar-refractivity contribution is 0.0962. The Kier molecular flexibility index (Phi) is 6.39. The lowest BCUT2D eigenvalue weighted by atomic mass is 9.76. The number of aryl methyl sites for hydroxylation is 1. The summed E-state index contributed by atoms with van der Waals surface area (Å²) in [5.74, 6) is 1.83. The molecule has 0 aliphatic heterocycles. The first-order valence-corrected chi connectivity index (χ1v) is 10.2. The summed E-state index contributed by atoms with van der Waals surface area (Å²) in [6, 6.07) is 21.2. The second-order valence-electron chi connectivity index (χ2n) is 7.23. The fourth-order valence-electron chi connectivity index (χ4n) is 3.86. The summed E-state index contributed by atoms with van der Waals surface area (Å²) in [5.41, 5.74) is 4.06. The van der Waals surface area contributed by atoms with Crippen LogP contribution in [-0.4, -0.2) is 11.2 Å². The highest BCUT2D eigenvalue weighted by molar-refractivity contribution is 8.02. The third kappa shape index (κ3) is 4.77. The van der Waals surface area contributed by atoms with E-state index in [9.17, 15) is 5.11 Å². The van der Waals surface area contributed by atoms with Crippen molar-refractivity contribution in [3.8, 4) is 0 Å². The van der Waals surface area contributed by atoms with E-state index in [4.69, 9.17) is 0 Å². The van der Waals surface area contributed by atoms with Crippen molar-refractivity contribution in [1.82, 2.24) is 0 Å². The lowest BCUT2D eigenvalue weighted by Gasteiger charge is -2.36. The van der Waals surface area contributed by atoms with Crippen LogP contribution in [0.25, 0.3) is 0 Å². The van der Waals surface area contributed by atoms with Crippen molar-refractivity contribution in [2.75, 3.05) is 0 Å². The number of benzene rings is 2. The Morgan fingerprint density at radius 1 is 0.960 bits per heavy atom. The molecule has 0 bridgehead atoms. The average molecular weight is 353 g/mol. The Morgan fingerprint density at radius 3 is 2.20 bits per heavy atom. The maximum Gasteiger partial charge on any atom is 0.0878 e. The van der Waals surface area contributed by atoms with Gasteiger partial charge in [-0.05, 0) is 49.1 Å². The Labute approximate surface area is 156 Å². The van der Waals surface area contributed by atoms with Gasteiger partial charge in [0.2, 0.25) is 0 Å². The van der Waals surface area contributed by atoms with E-state index < -0.39 is 0 Å². The van der Waals surface area contributed by atoms with Gasteiger partial charge in [-0.3, -0.25) is 0 Å². The maximum atomic E-state index is 11.0. The molecule has 0 amide bonds. The Morgan fingerprint density at radius 2 is 1.56 bits per heavy atom. The number of aliphatic hydroxyl groups is 1. The van der Waals surface area contributed by atoms with Crippen LogP contribution in [0.2, 0.25) is 0 Å².